The number of hydrogen-bond donors (Lipinski definition) is 0. The van der Waals surface area contributed by atoms with Gasteiger partial charge in [-0.3, -0.25) is 0 Å². The molecule has 7 rings (SSSR count). The molecule has 4 aliphatic rings. The van der Waals surface area contributed by atoms with Crippen molar-refractivity contribution in [3.63, 3.8) is 0 Å². The Hall–Kier alpha value is -3.78. The molecule has 0 fully saturated rings. The van der Waals surface area contributed by atoms with E-state index in [1.165, 1.54) is 44.7 Å². The molecule has 0 bridgehead atoms. The molecule has 0 saturated heterocycles. The molecule has 4 aliphatic heterocycles. The summed E-state index contributed by atoms with van der Waals surface area (Å²) in [5, 5.41) is 0. The summed E-state index contributed by atoms with van der Waals surface area (Å²) in [6.07, 6.45) is 15.1. The predicted octanol–water partition coefficient (Wildman–Crippen LogP) is 7.68. The third kappa shape index (κ3) is 3.10. The smallest absolute Gasteiger partial charge is 0.109 e. The molecule has 36 heavy (non-hydrogen) atoms. The van der Waals surface area contributed by atoms with Crippen molar-refractivity contribution in [2.45, 2.75) is 31.8 Å². The van der Waals surface area contributed by atoms with E-state index in [9.17, 15) is 0 Å². The minimum Gasteiger partial charge on any atom is -0.364 e. The van der Waals surface area contributed by atoms with Crippen LogP contribution in [0.3, 0.4) is 0 Å². The molecule has 4 heterocycles. The Labute approximate surface area is 214 Å². The molecule has 0 N–H and O–H groups in total. The minimum absolute atomic E-state index is 0.209. The SMILES string of the molecule is CC(C)CC1=CCN2C(=C1)c1cc(-c3ccccc3)ccc1[C@@]21CN2C=CC=CC2c2ccccc21. The summed E-state index contributed by atoms with van der Waals surface area (Å²) < 4.78 is 0. The van der Waals surface area contributed by atoms with E-state index in [4.69, 9.17) is 0 Å². The third-order valence-corrected chi connectivity index (χ3v) is 8.28. The molecule has 2 atom stereocenters. The Morgan fingerprint density at radius 1 is 0.889 bits per heavy atom. The number of benzene rings is 3. The lowest BCUT2D eigenvalue weighted by Crippen LogP contribution is -2.54. The fourth-order valence-corrected chi connectivity index (χ4v) is 6.80. The van der Waals surface area contributed by atoms with E-state index in [0.717, 1.165) is 19.5 Å². The van der Waals surface area contributed by atoms with Gasteiger partial charge in [0.15, 0.2) is 0 Å². The molecule has 0 amide bonds. The van der Waals surface area contributed by atoms with Crippen LogP contribution in [0.5, 0.6) is 0 Å². The van der Waals surface area contributed by atoms with Crippen LogP contribution in [0.2, 0.25) is 0 Å². The first kappa shape index (κ1) is 21.5. The average molecular weight is 469 g/mol. The Morgan fingerprint density at radius 2 is 1.72 bits per heavy atom. The monoisotopic (exact) mass is 468 g/mol. The molecule has 0 saturated carbocycles. The van der Waals surface area contributed by atoms with Crippen LogP contribution in [0.4, 0.5) is 0 Å². The first-order valence-electron chi connectivity index (χ1n) is 13.2. The molecule has 2 heteroatoms. The van der Waals surface area contributed by atoms with Crippen LogP contribution in [0.1, 0.15) is 48.6 Å². The fourth-order valence-electron chi connectivity index (χ4n) is 6.80. The van der Waals surface area contributed by atoms with Crippen molar-refractivity contribution in [2.24, 2.45) is 5.92 Å². The van der Waals surface area contributed by atoms with Crippen LogP contribution in [0.25, 0.3) is 16.8 Å². The lowest BCUT2D eigenvalue weighted by molar-refractivity contribution is 0.136. The van der Waals surface area contributed by atoms with E-state index in [1.54, 1.807) is 0 Å². The van der Waals surface area contributed by atoms with Gasteiger partial charge in [0.2, 0.25) is 0 Å². The van der Waals surface area contributed by atoms with Crippen molar-refractivity contribution >= 4 is 5.70 Å². The van der Waals surface area contributed by atoms with Gasteiger partial charge in [-0.2, -0.15) is 0 Å². The van der Waals surface area contributed by atoms with Gasteiger partial charge >= 0.3 is 0 Å². The van der Waals surface area contributed by atoms with Gasteiger partial charge in [0.05, 0.1) is 12.6 Å². The van der Waals surface area contributed by atoms with E-state index in [2.05, 4.69) is 133 Å². The van der Waals surface area contributed by atoms with Gasteiger partial charge < -0.3 is 9.80 Å². The largest absolute Gasteiger partial charge is 0.364 e. The van der Waals surface area contributed by atoms with Gasteiger partial charge in [0.25, 0.3) is 0 Å². The molecule has 178 valence electrons. The van der Waals surface area contributed by atoms with Crippen molar-refractivity contribution in [1.82, 2.24) is 9.80 Å². The first-order chi connectivity index (χ1) is 17.6. The van der Waals surface area contributed by atoms with Crippen molar-refractivity contribution in [3.8, 4) is 11.1 Å². The van der Waals surface area contributed by atoms with Crippen molar-refractivity contribution in [1.29, 1.82) is 0 Å². The Balaban J connectivity index is 1.47. The van der Waals surface area contributed by atoms with Gasteiger partial charge in [0.1, 0.15) is 5.54 Å². The lowest BCUT2D eigenvalue weighted by atomic mass is 9.74. The second-order valence-electron chi connectivity index (χ2n) is 10.9. The van der Waals surface area contributed by atoms with Crippen molar-refractivity contribution in [3.05, 3.63) is 137 Å². The van der Waals surface area contributed by atoms with E-state index >= 15 is 0 Å². The van der Waals surface area contributed by atoms with E-state index < -0.39 is 0 Å². The summed E-state index contributed by atoms with van der Waals surface area (Å²) >= 11 is 0. The zero-order valence-corrected chi connectivity index (χ0v) is 21.1. The van der Waals surface area contributed by atoms with Crippen LogP contribution < -0.4 is 0 Å². The molecule has 0 radical (unpaired) electrons. The molecular weight excluding hydrogens is 436 g/mol. The zero-order valence-electron chi connectivity index (χ0n) is 21.1. The summed E-state index contributed by atoms with van der Waals surface area (Å²) in [6.45, 7) is 6.52. The van der Waals surface area contributed by atoms with E-state index in [-0.39, 0.29) is 5.54 Å². The highest BCUT2D eigenvalue weighted by atomic mass is 15.3. The third-order valence-electron chi connectivity index (χ3n) is 8.28. The van der Waals surface area contributed by atoms with Crippen LogP contribution in [0.15, 0.2) is 115 Å². The second kappa shape index (κ2) is 8.13. The molecule has 2 nitrogen and oxygen atoms in total. The molecular formula is C34H32N2. The van der Waals surface area contributed by atoms with Crippen molar-refractivity contribution < 1.29 is 0 Å². The zero-order chi connectivity index (χ0) is 24.3. The molecule has 3 aromatic rings. The number of nitrogens with zero attached hydrogens (tertiary/aromatic N) is 2. The Kier molecular flexibility index (Phi) is 4.86. The summed E-state index contributed by atoms with van der Waals surface area (Å²) in [6, 6.07) is 27.4. The van der Waals surface area contributed by atoms with Gasteiger partial charge in [-0.1, -0.05) is 98.8 Å². The molecule has 1 spiro atoms. The van der Waals surface area contributed by atoms with Crippen LogP contribution >= 0.6 is 0 Å². The van der Waals surface area contributed by atoms with Crippen LogP contribution in [-0.4, -0.2) is 22.9 Å². The maximum atomic E-state index is 2.69. The highest BCUT2D eigenvalue weighted by molar-refractivity contribution is 5.83. The van der Waals surface area contributed by atoms with E-state index in [0.29, 0.717) is 12.0 Å². The molecule has 3 aromatic carbocycles. The Morgan fingerprint density at radius 3 is 2.58 bits per heavy atom. The van der Waals surface area contributed by atoms with Gasteiger partial charge in [-0.15, -0.1) is 0 Å². The number of rotatable bonds is 3. The maximum absolute atomic E-state index is 2.69. The van der Waals surface area contributed by atoms with Gasteiger partial charge in [0, 0.05) is 24.0 Å². The summed E-state index contributed by atoms with van der Waals surface area (Å²) in [5.41, 5.74) is 10.9. The van der Waals surface area contributed by atoms with Gasteiger partial charge in [-0.05, 0) is 63.9 Å². The second-order valence-corrected chi connectivity index (χ2v) is 10.9. The summed E-state index contributed by atoms with van der Waals surface area (Å²) in [7, 11) is 0. The average Bonchev–Trinajstić information content (AvgIpc) is 3.18. The van der Waals surface area contributed by atoms with Gasteiger partial charge in [-0.25, -0.2) is 0 Å². The van der Waals surface area contributed by atoms with Crippen LogP contribution in [0, 0.1) is 5.92 Å². The molecule has 1 unspecified atom stereocenters. The highest BCUT2D eigenvalue weighted by Gasteiger charge is 2.53. The topological polar surface area (TPSA) is 6.48 Å². The van der Waals surface area contributed by atoms with Crippen molar-refractivity contribution in [2.75, 3.05) is 13.1 Å². The number of fused-ring (bicyclic) bond motifs is 9. The minimum atomic E-state index is -0.209. The van der Waals surface area contributed by atoms with Crippen LogP contribution in [-0.2, 0) is 5.54 Å². The normalized spacial score (nSPS) is 23.2. The van der Waals surface area contributed by atoms with E-state index in [1.807, 2.05) is 0 Å². The maximum Gasteiger partial charge on any atom is 0.109 e. The lowest BCUT2D eigenvalue weighted by Gasteiger charge is -2.51. The molecule has 0 aromatic heterocycles. The summed E-state index contributed by atoms with van der Waals surface area (Å²) in [4.78, 5) is 5.23. The first-order valence-corrected chi connectivity index (χ1v) is 13.2. The predicted molar refractivity (Wildman–Crippen MR) is 149 cm³/mol. The summed E-state index contributed by atoms with van der Waals surface area (Å²) in [5.74, 6) is 0.645. The standard InChI is InChI=1S/C34H32N2/c1-24(2)20-25-17-19-36-33(21-25)29-22-27(26-10-4-3-5-11-26)15-16-31(29)34(36)23-35-18-9-8-14-32(35)28-12-6-7-13-30(28)34/h3-18,21-22,24,32H,19-20,23H2,1-2H3/t32?,34-/m0/s1. The molecule has 0 aliphatic carbocycles. The Bertz CT molecular complexity index is 1460. The fraction of sp³-hybridized carbons (Fsp3) is 0.235. The number of allylic oxidation sites excluding steroid dienone is 4. The quantitative estimate of drug-likeness (QED) is 0.389. The highest BCUT2D eigenvalue weighted by Crippen LogP contribution is 2.56. The number of hydrogen-bond acceptors (Lipinski definition) is 2.